The molecule has 1 aromatic carbocycles. The number of rotatable bonds is 4. The molecule has 3 rings (SSSR count). The van der Waals surface area contributed by atoms with Crippen molar-refractivity contribution in [2.24, 2.45) is 0 Å². The van der Waals surface area contributed by atoms with Gasteiger partial charge in [-0.3, -0.25) is 9.59 Å². The predicted molar refractivity (Wildman–Crippen MR) is 89.6 cm³/mol. The molecule has 1 atom stereocenters. The molecule has 25 heavy (non-hydrogen) atoms. The van der Waals surface area contributed by atoms with Crippen LogP contribution in [0.4, 0.5) is 4.39 Å². The fourth-order valence-corrected chi connectivity index (χ4v) is 2.90. The maximum absolute atomic E-state index is 13.2. The molecule has 2 heterocycles. The number of aromatic amines is 1. The third kappa shape index (κ3) is 4.51. The molecule has 132 valence electrons. The average Bonchev–Trinajstić information content (AvgIpc) is 2.59. The van der Waals surface area contributed by atoms with Gasteiger partial charge in [0.15, 0.2) is 0 Å². The molecule has 1 aliphatic rings. The SMILES string of the molecule is Cc1cc(=O)[nH]c([C@H]2CN(C(=O)CCc3cccc(F)c3)CCO2)n1. The molecule has 0 saturated carbocycles. The highest BCUT2D eigenvalue weighted by molar-refractivity contribution is 5.76. The first-order chi connectivity index (χ1) is 12.0. The van der Waals surface area contributed by atoms with E-state index >= 15 is 0 Å². The van der Waals surface area contributed by atoms with E-state index in [4.69, 9.17) is 4.74 Å². The summed E-state index contributed by atoms with van der Waals surface area (Å²) in [5.41, 5.74) is 1.17. The van der Waals surface area contributed by atoms with Crippen LogP contribution in [0.5, 0.6) is 0 Å². The van der Waals surface area contributed by atoms with Crippen molar-refractivity contribution in [1.29, 1.82) is 0 Å². The molecule has 1 saturated heterocycles. The van der Waals surface area contributed by atoms with E-state index in [1.165, 1.54) is 18.2 Å². The molecule has 7 heteroatoms. The van der Waals surface area contributed by atoms with Gasteiger partial charge in [0.1, 0.15) is 17.7 Å². The molecule has 1 amide bonds. The normalized spacial score (nSPS) is 17.5. The van der Waals surface area contributed by atoms with E-state index in [-0.39, 0.29) is 17.3 Å². The average molecular weight is 345 g/mol. The number of nitrogens with zero attached hydrogens (tertiary/aromatic N) is 2. The number of nitrogens with one attached hydrogen (secondary N) is 1. The summed E-state index contributed by atoms with van der Waals surface area (Å²) in [7, 11) is 0. The Morgan fingerprint density at radius 1 is 1.44 bits per heavy atom. The van der Waals surface area contributed by atoms with E-state index in [9.17, 15) is 14.0 Å². The van der Waals surface area contributed by atoms with Crippen LogP contribution in [0.2, 0.25) is 0 Å². The van der Waals surface area contributed by atoms with Gasteiger partial charge in [0.2, 0.25) is 5.91 Å². The van der Waals surface area contributed by atoms with Crippen molar-refractivity contribution < 1.29 is 13.9 Å². The smallest absolute Gasteiger partial charge is 0.251 e. The highest BCUT2D eigenvalue weighted by Gasteiger charge is 2.26. The summed E-state index contributed by atoms with van der Waals surface area (Å²) < 4.78 is 18.9. The maximum atomic E-state index is 13.2. The number of morpholine rings is 1. The van der Waals surface area contributed by atoms with Crippen LogP contribution < -0.4 is 5.56 Å². The zero-order valence-electron chi connectivity index (χ0n) is 14.0. The van der Waals surface area contributed by atoms with Gasteiger partial charge in [-0.15, -0.1) is 0 Å². The highest BCUT2D eigenvalue weighted by Crippen LogP contribution is 2.19. The number of hydrogen-bond acceptors (Lipinski definition) is 4. The van der Waals surface area contributed by atoms with Crippen LogP contribution in [0.15, 0.2) is 35.1 Å². The minimum absolute atomic E-state index is 0.0208. The van der Waals surface area contributed by atoms with Gasteiger partial charge in [-0.05, 0) is 31.0 Å². The first kappa shape index (κ1) is 17.3. The van der Waals surface area contributed by atoms with Gasteiger partial charge in [-0.2, -0.15) is 0 Å². The van der Waals surface area contributed by atoms with Gasteiger partial charge in [-0.1, -0.05) is 12.1 Å². The summed E-state index contributed by atoms with van der Waals surface area (Å²) in [6, 6.07) is 7.68. The lowest BCUT2D eigenvalue weighted by Crippen LogP contribution is -2.43. The second-order valence-electron chi connectivity index (χ2n) is 6.10. The topological polar surface area (TPSA) is 75.3 Å². The van der Waals surface area contributed by atoms with Gasteiger partial charge in [0.05, 0.1) is 13.2 Å². The zero-order chi connectivity index (χ0) is 17.8. The van der Waals surface area contributed by atoms with Crippen molar-refractivity contribution >= 4 is 5.91 Å². The highest BCUT2D eigenvalue weighted by atomic mass is 19.1. The number of aryl methyl sites for hydroxylation is 2. The van der Waals surface area contributed by atoms with Gasteiger partial charge >= 0.3 is 0 Å². The first-order valence-electron chi connectivity index (χ1n) is 8.23. The molecular formula is C18H20FN3O3. The van der Waals surface area contributed by atoms with Gasteiger partial charge in [-0.25, -0.2) is 9.37 Å². The van der Waals surface area contributed by atoms with E-state index < -0.39 is 6.10 Å². The maximum Gasteiger partial charge on any atom is 0.251 e. The Balaban J connectivity index is 1.62. The molecule has 1 aromatic heterocycles. The van der Waals surface area contributed by atoms with Crippen LogP contribution in [0.3, 0.4) is 0 Å². The van der Waals surface area contributed by atoms with Crippen molar-refractivity contribution in [2.45, 2.75) is 25.9 Å². The zero-order valence-corrected chi connectivity index (χ0v) is 14.0. The third-order valence-electron chi connectivity index (χ3n) is 4.13. The molecular weight excluding hydrogens is 325 g/mol. The quantitative estimate of drug-likeness (QED) is 0.916. The summed E-state index contributed by atoms with van der Waals surface area (Å²) in [5.74, 6) is 0.117. The van der Waals surface area contributed by atoms with E-state index in [2.05, 4.69) is 9.97 Å². The number of aromatic nitrogens is 2. The minimum Gasteiger partial charge on any atom is -0.367 e. The van der Waals surface area contributed by atoms with E-state index in [1.807, 2.05) is 0 Å². The first-order valence-corrected chi connectivity index (χ1v) is 8.23. The van der Waals surface area contributed by atoms with Crippen molar-refractivity contribution in [1.82, 2.24) is 14.9 Å². The summed E-state index contributed by atoms with van der Waals surface area (Å²) in [6.45, 7) is 2.96. The minimum atomic E-state index is -0.445. The number of carbonyl (C=O) groups excluding carboxylic acids is 1. The summed E-state index contributed by atoms with van der Waals surface area (Å²) in [4.78, 5) is 32.7. The van der Waals surface area contributed by atoms with Gasteiger partial charge in [0.25, 0.3) is 5.56 Å². The van der Waals surface area contributed by atoms with E-state index in [0.717, 1.165) is 5.56 Å². The van der Waals surface area contributed by atoms with Gasteiger partial charge < -0.3 is 14.6 Å². The molecule has 1 N–H and O–H groups in total. The van der Waals surface area contributed by atoms with Crippen molar-refractivity contribution in [3.63, 3.8) is 0 Å². The Morgan fingerprint density at radius 2 is 2.28 bits per heavy atom. The molecule has 0 aliphatic carbocycles. The summed E-state index contributed by atoms with van der Waals surface area (Å²) >= 11 is 0. The molecule has 0 unspecified atom stereocenters. The van der Waals surface area contributed by atoms with Gasteiger partial charge in [0, 0.05) is 24.7 Å². The fraction of sp³-hybridized carbons (Fsp3) is 0.389. The fourth-order valence-electron chi connectivity index (χ4n) is 2.90. The van der Waals surface area contributed by atoms with Crippen molar-refractivity contribution in [2.75, 3.05) is 19.7 Å². The summed E-state index contributed by atoms with van der Waals surface area (Å²) in [5, 5.41) is 0. The summed E-state index contributed by atoms with van der Waals surface area (Å²) in [6.07, 6.45) is 0.339. The van der Waals surface area contributed by atoms with Crippen LogP contribution in [0.1, 0.15) is 29.6 Å². The van der Waals surface area contributed by atoms with Crippen LogP contribution in [-0.4, -0.2) is 40.5 Å². The number of carbonyl (C=O) groups is 1. The number of hydrogen-bond donors (Lipinski definition) is 1. The third-order valence-corrected chi connectivity index (χ3v) is 4.13. The Bertz CT molecular complexity index is 821. The van der Waals surface area contributed by atoms with Crippen LogP contribution >= 0.6 is 0 Å². The number of benzene rings is 1. The molecule has 0 spiro atoms. The lowest BCUT2D eigenvalue weighted by Gasteiger charge is -2.32. The number of halogens is 1. The molecule has 1 fully saturated rings. The Morgan fingerprint density at radius 3 is 3.04 bits per heavy atom. The lowest BCUT2D eigenvalue weighted by atomic mass is 10.1. The van der Waals surface area contributed by atoms with E-state index in [0.29, 0.717) is 44.1 Å². The Kier molecular flexibility index (Phi) is 5.23. The van der Waals surface area contributed by atoms with Crippen molar-refractivity contribution in [3.8, 4) is 0 Å². The largest absolute Gasteiger partial charge is 0.367 e. The monoisotopic (exact) mass is 345 g/mol. The Hall–Kier alpha value is -2.54. The molecule has 0 bridgehead atoms. The number of H-pyrrole nitrogens is 1. The molecule has 2 aromatic rings. The molecule has 1 aliphatic heterocycles. The molecule has 6 nitrogen and oxygen atoms in total. The van der Waals surface area contributed by atoms with Crippen LogP contribution in [-0.2, 0) is 16.0 Å². The second kappa shape index (κ2) is 7.57. The number of amides is 1. The van der Waals surface area contributed by atoms with Crippen molar-refractivity contribution in [3.05, 3.63) is 63.6 Å². The molecule has 0 radical (unpaired) electrons. The van der Waals surface area contributed by atoms with Crippen LogP contribution in [0.25, 0.3) is 0 Å². The second-order valence-corrected chi connectivity index (χ2v) is 6.10. The van der Waals surface area contributed by atoms with Crippen LogP contribution in [0, 0.1) is 12.7 Å². The Labute approximate surface area is 144 Å². The van der Waals surface area contributed by atoms with E-state index in [1.54, 1.807) is 24.0 Å². The standard InChI is InChI=1S/C18H20FN3O3/c1-12-9-16(23)21-18(20-12)15-11-22(7-8-25-15)17(24)6-5-13-3-2-4-14(19)10-13/h2-4,9-10,15H,5-8,11H2,1H3,(H,20,21,23)/t15-/m1/s1. The predicted octanol–water partition coefficient (Wildman–Crippen LogP) is 1.75. The number of ether oxygens (including phenoxy) is 1. The lowest BCUT2D eigenvalue weighted by molar-refractivity contribution is -0.139.